The Morgan fingerprint density at radius 3 is 2.55 bits per heavy atom. The van der Waals surface area contributed by atoms with E-state index in [0.717, 1.165) is 24.2 Å². The molecule has 2 N–H and O–H groups in total. The van der Waals surface area contributed by atoms with E-state index < -0.39 is 17.6 Å². The van der Waals surface area contributed by atoms with Crippen LogP contribution in [-0.4, -0.2) is 66.7 Å². The number of ether oxygens (including phenoxy) is 1. The van der Waals surface area contributed by atoms with Crippen molar-refractivity contribution in [1.29, 1.82) is 0 Å². The molecule has 0 atom stereocenters. The number of para-hydroxylation sites is 1. The summed E-state index contributed by atoms with van der Waals surface area (Å²) in [4.78, 5) is 24.4. The fraction of sp³-hybridized carbons (Fsp3) is 0.250. The second kappa shape index (κ2) is 11.7. The first kappa shape index (κ1) is 28.4. The number of nitrogens with one attached hydrogen (secondary N) is 2. The maximum absolute atomic E-state index is 14.0. The van der Waals surface area contributed by atoms with E-state index in [2.05, 4.69) is 27.2 Å². The minimum atomic E-state index is -4.68. The summed E-state index contributed by atoms with van der Waals surface area (Å²) >= 11 is 0. The minimum Gasteiger partial charge on any atom is -0.494 e. The quantitative estimate of drug-likeness (QED) is 0.257. The summed E-state index contributed by atoms with van der Waals surface area (Å²) in [5.74, 6) is -0.468. The number of anilines is 4. The van der Waals surface area contributed by atoms with Crippen LogP contribution >= 0.6 is 0 Å². The Balaban J connectivity index is 1.79. The van der Waals surface area contributed by atoms with Gasteiger partial charge in [0.15, 0.2) is 5.82 Å². The number of hydrogen-bond donors (Lipinski definition) is 2. The highest BCUT2D eigenvalue weighted by molar-refractivity contribution is 6.02. The summed E-state index contributed by atoms with van der Waals surface area (Å²) in [6, 6.07) is 12.1. The monoisotopic (exact) mass is 553 g/mol. The zero-order chi connectivity index (χ0) is 29.0. The number of carbonyl (C=O) groups is 1. The van der Waals surface area contributed by atoms with Crippen LogP contribution in [0.3, 0.4) is 0 Å². The van der Waals surface area contributed by atoms with Crippen LogP contribution in [0.5, 0.6) is 5.75 Å². The summed E-state index contributed by atoms with van der Waals surface area (Å²) in [7, 11) is 7.26. The summed E-state index contributed by atoms with van der Waals surface area (Å²) in [5, 5.41) is 6.52. The van der Waals surface area contributed by atoms with Crippen LogP contribution < -0.4 is 20.3 Å². The topological polar surface area (TPSA) is 87.5 Å². The first-order valence-corrected chi connectivity index (χ1v) is 12.3. The Kier molecular flexibility index (Phi) is 8.29. The van der Waals surface area contributed by atoms with Crippen molar-refractivity contribution in [2.24, 2.45) is 0 Å². The molecule has 1 amide bonds. The number of methoxy groups -OCH3 is 1. The Bertz CT molecular complexity index is 1530. The van der Waals surface area contributed by atoms with Gasteiger partial charge in [0.05, 0.1) is 29.7 Å². The smallest absolute Gasteiger partial charge is 0.421 e. The molecule has 0 radical (unpaired) electrons. The maximum Gasteiger partial charge on any atom is 0.421 e. The lowest BCUT2D eigenvalue weighted by atomic mass is 10.2. The van der Waals surface area contributed by atoms with Crippen LogP contribution in [0.1, 0.15) is 5.56 Å². The molecule has 0 fully saturated rings. The van der Waals surface area contributed by atoms with Gasteiger partial charge in [-0.05, 0) is 43.8 Å². The number of nitrogens with zero attached hydrogens (tertiary/aromatic N) is 5. The molecule has 9 nitrogen and oxygen atoms in total. The number of amides is 1. The van der Waals surface area contributed by atoms with Gasteiger partial charge in [0, 0.05) is 38.6 Å². The van der Waals surface area contributed by atoms with Gasteiger partial charge < -0.3 is 29.7 Å². The molecule has 0 bridgehead atoms. The van der Waals surface area contributed by atoms with E-state index in [1.165, 1.54) is 17.9 Å². The second-order valence-electron chi connectivity index (χ2n) is 9.29. The molecular weight excluding hydrogens is 523 g/mol. The number of rotatable bonds is 10. The van der Waals surface area contributed by atoms with Crippen LogP contribution in [0.25, 0.3) is 16.7 Å². The van der Waals surface area contributed by atoms with Crippen molar-refractivity contribution < 1.29 is 22.7 Å². The van der Waals surface area contributed by atoms with Gasteiger partial charge in [0.25, 0.3) is 0 Å². The minimum absolute atomic E-state index is 0.0891. The lowest BCUT2D eigenvalue weighted by Gasteiger charge is -2.26. The van der Waals surface area contributed by atoms with Crippen molar-refractivity contribution in [2.45, 2.75) is 6.18 Å². The maximum atomic E-state index is 14.0. The van der Waals surface area contributed by atoms with E-state index in [9.17, 15) is 18.0 Å². The molecule has 0 spiro atoms. The molecule has 210 valence electrons. The zero-order valence-corrected chi connectivity index (χ0v) is 22.6. The van der Waals surface area contributed by atoms with E-state index in [-0.39, 0.29) is 11.8 Å². The third kappa shape index (κ3) is 6.18. The largest absolute Gasteiger partial charge is 0.494 e. The lowest BCUT2D eigenvalue weighted by Crippen LogP contribution is -2.29. The number of carbonyl (C=O) groups excluding carboxylic acids is 1. The molecule has 12 heteroatoms. The summed E-state index contributed by atoms with van der Waals surface area (Å²) in [6.07, 6.45) is -1.25. The normalized spacial score (nSPS) is 11.5. The fourth-order valence-electron chi connectivity index (χ4n) is 4.11. The van der Waals surface area contributed by atoms with Crippen molar-refractivity contribution in [3.8, 4) is 11.6 Å². The van der Waals surface area contributed by atoms with Crippen LogP contribution in [-0.2, 0) is 11.0 Å². The molecule has 0 unspecified atom stereocenters. The van der Waals surface area contributed by atoms with Gasteiger partial charge in [-0.25, -0.2) is 4.98 Å². The molecule has 2 aromatic heterocycles. The van der Waals surface area contributed by atoms with Crippen molar-refractivity contribution in [2.75, 3.05) is 56.9 Å². The van der Waals surface area contributed by atoms with Crippen LogP contribution in [0.2, 0.25) is 0 Å². The number of fused-ring (bicyclic) bond motifs is 1. The van der Waals surface area contributed by atoms with Gasteiger partial charge in [-0.1, -0.05) is 24.8 Å². The van der Waals surface area contributed by atoms with Gasteiger partial charge in [-0.3, -0.25) is 4.79 Å². The Morgan fingerprint density at radius 2 is 1.88 bits per heavy atom. The highest BCUT2D eigenvalue weighted by atomic mass is 19.4. The second-order valence-corrected chi connectivity index (χ2v) is 9.29. The van der Waals surface area contributed by atoms with Crippen LogP contribution in [0.4, 0.5) is 36.2 Å². The van der Waals surface area contributed by atoms with Crippen LogP contribution in [0, 0.1) is 0 Å². The molecule has 40 heavy (non-hydrogen) atoms. The van der Waals surface area contributed by atoms with E-state index >= 15 is 0 Å². The SMILES string of the molecule is C=CC(=O)Nc1cc(Nc2ncc(C(F)(F)F)c(-n3ccc4ccccc43)n2)c(OC)cc1N(C)CCN(C)C. The lowest BCUT2D eigenvalue weighted by molar-refractivity contribution is -0.137. The molecule has 2 aromatic carbocycles. The predicted octanol–water partition coefficient (Wildman–Crippen LogP) is 5.31. The van der Waals surface area contributed by atoms with E-state index in [4.69, 9.17) is 4.74 Å². The molecular formula is C28H30F3N7O2. The molecule has 4 rings (SSSR count). The van der Waals surface area contributed by atoms with E-state index in [1.54, 1.807) is 42.5 Å². The predicted molar refractivity (Wildman–Crippen MR) is 151 cm³/mol. The van der Waals surface area contributed by atoms with Crippen molar-refractivity contribution in [3.05, 3.63) is 73.1 Å². The first-order chi connectivity index (χ1) is 19.0. The fourth-order valence-corrected chi connectivity index (χ4v) is 4.11. The Morgan fingerprint density at radius 1 is 1.12 bits per heavy atom. The number of alkyl halides is 3. The average Bonchev–Trinajstić information content (AvgIpc) is 3.35. The van der Waals surface area contributed by atoms with Gasteiger partial charge in [-0.2, -0.15) is 18.2 Å². The highest BCUT2D eigenvalue weighted by Crippen LogP contribution is 2.39. The number of hydrogen-bond acceptors (Lipinski definition) is 7. The molecule has 0 aliphatic rings. The van der Waals surface area contributed by atoms with Crippen molar-refractivity contribution >= 4 is 39.8 Å². The summed E-state index contributed by atoms with van der Waals surface area (Å²) in [5.41, 5.74) is 1.04. The van der Waals surface area contributed by atoms with Gasteiger partial charge >= 0.3 is 6.18 Å². The molecule has 2 heterocycles. The number of aromatic nitrogens is 3. The molecule has 0 aliphatic carbocycles. The van der Waals surface area contributed by atoms with Gasteiger partial charge in [-0.15, -0.1) is 0 Å². The standard InChI is InChI=1S/C28H30F3N7O2/c1-6-25(39)33-20-15-21(24(40-5)16-23(20)37(4)14-13-36(2)3)34-27-32-17-19(28(29,30)31)26(35-27)38-12-11-18-9-7-8-10-22(18)38/h6-12,15-17H,1,13-14H2,2-5H3,(H,33,39)(H,32,34,35). The number of halogens is 3. The molecule has 0 saturated carbocycles. The van der Waals surface area contributed by atoms with Gasteiger partial charge in [0.1, 0.15) is 11.3 Å². The van der Waals surface area contributed by atoms with Crippen molar-refractivity contribution in [3.63, 3.8) is 0 Å². The zero-order valence-electron chi connectivity index (χ0n) is 22.6. The third-order valence-corrected chi connectivity index (χ3v) is 6.20. The summed E-state index contributed by atoms with van der Waals surface area (Å²) in [6.45, 7) is 4.91. The number of benzene rings is 2. The number of likely N-dealkylation sites (N-methyl/N-ethyl adjacent to an activating group) is 2. The molecule has 4 aromatic rings. The Hall–Kier alpha value is -4.58. The third-order valence-electron chi connectivity index (χ3n) is 6.20. The average molecular weight is 554 g/mol. The van der Waals surface area contributed by atoms with Crippen LogP contribution in [0.15, 0.2) is 67.5 Å². The molecule has 0 saturated heterocycles. The van der Waals surface area contributed by atoms with E-state index in [1.807, 2.05) is 30.9 Å². The van der Waals surface area contributed by atoms with Gasteiger partial charge in [0.2, 0.25) is 11.9 Å². The first-order valence-electron chi connectivity index (χ1n) is 12.3. The summed E-state index contributed by atoms with van der Waals surface area (Å²) < 4.78 is 48.9. The molecule has 0 aliphatic heterocycles. The Labute approximate surface area is 229 Å². The van der Waals surface area contributed by atoms with E-state index in [0.29, 0.717) is 34.9 Å². The highest BCUT2D eigenvalue weighted by Gasteiger charge is 2.36. The van der Waals surface area contributed by atoms with Crippen molar-refractivity contribution in [1.82, 2.24) is 19.4 Å².